The Bertz CT molecular complexity index is 1250. The second-order valence-electron chi connectivity index (χ2n) is 7.67. The normalized spacial score (nSPS) is 10.7. The van der Waals surface area contributed by atoms with Crippen LogP contribution in [-0.4, -0.2) is 0 Å². The number of rotatable bonds is 4. The van der Waals surface area contributed by atoms with Crippen LogP contribution in [0.5, 0.6) is 0 Å². The Hall–Kier alpha value is -4.10. The van der Waals surface area contributed by atoms with Gasteiger partial charge in [-0.25, -0.2) is 0 Å². The Morgan fingerprint density at radius 2 is 0.806 bits per heavy atom. The summed E-state index contributed by atoms with van der Waals surface area (Å²) in [6.07, 6.45) is 0. The average molecular weight is 398 g/mol. The molecule has 0 radical (unpaired) electrons. The van der Waals surface area contributed by atoms with Crippen molar-refractivity contribution in [1.29, 1.82) is 0 Å². The molecule has 1 nitrogen and oxygen atoms in total. The van der Waals surface area contributed by atoms with Crippen molar-refractivity contribution in [3.05, 3.63) is 127 Å². The first kappa shape index (κ1) is 18.9. The van der Waals surface area contributed by atoms with Gasteiger partial charge in [-0.2, -0.15) is 0 Å². The number of benzene rings is 5. The van der Waals surface area contributed by atoms with Crippen LogP contribution in [0.3, 0.4) is 0 Å². The standard InChI is InChI=1S/C30H23N/c31-27-18-10-17-25(19-27)30-28(23-13-6-2-7-14-23)20-26(22-11-4-1-5-12-22)21-29(30)24-15-8-3-9-16-24/h1-21H,31H2. The lowest BCUT2D eigenvalue weighted by atomic mass is 9.84. The van der Waals surface area contributed by atoms with Gasteiger partial charge in [0.25, 0.3) is 0 Å². The predicted molar refractivity (Wildman–Crippen MR) is 133 cm³/mol. The maximum Gasteiger partial charge on any atom is 0.0320 e. The number of nitrogens with two attached hydrogens (primary N) is 1. The quantitative estimate of drug-likeness (QED) is 0.306. The summed E-state index contributed by atoms with van der Waals surface area (Å²) in [5.74, 6) is 0. The Kier molecular flexibility index (Phi) is 5.08. The topological polar surface area (TPSA) is 26.0 Å². The minimum atomic E-state index is 0.766. The lowest BCUT2D eigenvalue weighted by molar-refractivity contribution is 1.54. The van der Waals surface area contributed by atoms with E-state index in [1.807, 2.05) is 12.1 Å². The number of hydrogen-bond donors (Lipinski definition) is 1. The van der Waals surface area contributed by atoms with E-state index in [1.165, 1.54) is 38.9 Å². The Labute approximate surface area is 183 Å². The first-order chi connectivity index (χ1) is 15.3. The minimum absolute atomic E-state index is 0.766. The van der Waals surface area contributed by atoms with E-state index in [1.54, 1.807) is 0 Å². The van der Waals surface area contributed by atoms with E-state index in [0.717, 1.165) is 11.3 Å². The molecule has 0 aliphatic heterocycles. The molecule has 0 amide bonds. The summed E-state index contributed by atoms with van der Waals surface area (Å²) in [4.78, 5) is 0. The third-order valence-corrected chi connectivity index (χ3v) is 5.59. The summed E-state index contributed by atoms with van der Waals surface area (Å²) in [7, 11) is 0. The van der Waals surface area contributed by atoms with Gasteiger partial charge in [-0.3, -0.25) is 0 Å². The summed E-state index contributed by atoms with van der Waals surface area (Å²) < 4.78 is 0. The first-order valence-corrected chi connectivity index (χ1v) is 10.5. The second-order valence-corrected chi connectivity index (χ2v) is 7.67. The van der Waals surface area contributed by atoms with Gasteiger partial charge in [-0.05, 0) is 68.8 Å². The van der Waals surface area contributed by atoms with E-state index in [4.69, 9.17) is 5.73 Å². The second kappa shape index (κ2) is 8.33. The zero-order valence-corrected chi connectivity index (χ0v) is 17.2. The molecule has 0 bridgehead atoms. The highest BCUT2D eigenvalue weighted by atomic mass is 14.5. The van der Waals surface area contributed by atoms with Crippen LogP contribution < -0.4 is 5.73 Å². The largest absolute Gasteiger partial charge is 0.399 e. The first-order valence-electron chi connectivity index (χ1n) is 10.5. The van der Waals surface area contributed by atoms with Gasteiger partial charge >= 0.3 is 0 Å². The summed E-state index contributed by atoms with van der Waals surface area (Å²) in [5.41, 5.74) is 16.5. The predicted octanol–water partition coefficient (Wildman–Crippen LogP) is 7.94. The smallest absolute Gasteiger partial charge is 0.0320 e. The molecule has 0 unspecified atom stereocenters. The van der Waals surface area contributed by atoms with Gasteiger partial charge in [0.05, 0.1) is 0 Å². The van der Waals surface area contributed by atoms with Crippen LogP contribution in [0.2, 0.25) is 0 Å². The molecule has 0 saturated carbocycles. The Morgan fingerprint density at radius 3 is 1.29 bits per heavy atom. The van der Waals surface area contributed by atoms with E-state index in [-0.39, 0.29) is 0 Å². The average Bonchev–Trinajstić information content (AvgIpc) is 2.85. The van der Waals surface area contributed by atoms with E-state index in [9.17, 15) is 0 Å². The van der Waals surface area contributed by atoms with Gasteiger partial charge in [0.15, 0.2) is 0 Å². The van der Waals surface area contributed by atoms with E-state index >= 15 is 0 Å². The Morgan fingerprint density at radius 1 is 0.355 bits per heavy atom. The maximum atomic E-state index is 6.19. The molecule has 31 heavy (non-hydrogen) atoms. The van der Waals surface area contributed by atoms with Gasteiger partial charge in [0.1, 0.15) is 0 Å². The van der Waals surface area contributed by atoms with Crippen molar-refractivity contribution in [3.8, 4) is 44.5 Å². The zero-order valence-electron chi connectivity index (χ0n) is 17.2. The fourth-order valence-electron chi connectivity index (χ4n) is 4.14. The molecule has 0 aliphatic carbocycles. The Balaban J connectivity index is 1.88. The van der Waals surface area contributed by atoms with Crippen molar-refractivity contribution in [1.82, 2.24) is 0 Å². The summed E-state index contributed by atoms with van der Waals surface area (Å²) in [6.45, 7) is 0. The molecule has 0 saturated heterocycles. The fraction of sp³-hybridized carbons (Fsp3) is 0. The molecule has 0 aliphatic rings. The molecule has 5 aromatic rings. The van der Waals surface area contributed by atoms with Crippen LogP contribution in [-0.2, 0) is 0 Å². The van der Waals surface area contributed by atoms with Crippen LogP contribution in [0.15, 0.2) is 127 Å². The van der Waals surface area contributed by atoms with Gasteiger partial charge in [0.2, 0.25) is 0 Å². The van der Waals surface area contributed by atoms with Crippen LogP contribution in [0.4, 0.5) is 5.69 Å². The fourth-order valence-corrected chi connectivity index (χ4v) is 4.14. The molecule has 0 spiro atoms. The van der Waals surface area contributed by atoms with E-state index < -0.39 is 0 Å². The molecule has 5 aromatic carbocycles. The van der Waals surface area contributed by atoms with Crippen molar-refractivity contribution in [2.75, 3.05) is 5.73 Å². The number of anilines is 1. The maximum absolute atomic E-state index is 6.19. The molecule has 0 heterocycles. The molecule has 0 fully saturated rings. The summed E-state index contributed by atoms with van der Waals surface area (Å²) in [6, 6.07) is 44.5. The highest BCUT2D eigenvalue weighted by Gasteiger charge is 2.17. The minimum Gasteiger partial charge on any atom is -0.399 e. The summed E-state index contributed by atoms with van der Waals surface area (Å²) >= 11 is 0. The molecule has 0 atom stereocenters. The molecule has 0 aromatic heterocycles. The van der Waals surface area contributed by atoms with Crippen LogP contribution in [0.1, 0.15) is 0 Å². The van der Waals surface area contributed by atoms with Crippen LogP contribution >= 0.6 is 0 Å². The van der Waals surface area contributed by atoms with Crippen molar-refractivity contribution in [2.45, 2.75) is 0 Å². The van der Waals surface area contributed by atoms with Gasteiger partial charge in [-0.15, -0.1) is 0 Å². The van der Waals surface area contributed by atoms with Crippen molar-refractivity contribution >= 4 is 5.69 Å². The molecule has 148 valence electrons. The van der Waals surface area contributed by atoms with Gasteiger partial charge in [-0.1, -0.05) is 103 Å². The third kappa shape index (κ3) is 3.86. The van der Waals surface area contributed by atoms with Crippen LogP contribution in [0, 0.1) is 0 Å². The SMILES string of the molecule is Nc1cccc(-c2c(-c3ccccc3)cc(-c3ccccc3)cc2-c2ccccc2)c1. The molecular formula is C30H23N. The van der Waals surface area contributed by atoms with E-state index in [2.05, 4.69) is 115 Å². The van der Waals surface area contributed by atoms with Crippen LogP contribution in [0.25, 0.3) is 44.5 Å². The lowest BCUT2D eigenvalue weighted by Crippen LogP contribution is -1.94. The zero-order chi connectivity index (χ0) is 21.0. The highest BCUT2D eigenvalue weighted by Crippen LogP contribution is 2.43. The van der Waals surface area contributed by atoms with Gasteiger partial charge in [0, 0.05) is 5.69 Å². The molecular weight excluding hydrogens is 374 g/mol. The third-order valence-electron chi connectivity index (χ3n) is 5.59. The molecule has 1 heteroatoms. The van der Waals surface area contributed by atoms with Crippen molar-refractivity contribution in [2.24, 2.45) is 0 Å². The highest BCUT2D eigenvalue weighted by molar-refractivity contribution is 5.98. The van der Waals surface area contributed by atoms with E-state index in [0.29, 0.717) is 0 Å². The monoisotopic (exact) mass is 397 g/mol. The van der Waals surface area contributed by atoms with Crippen molar-refractivity contribution in [3.63, 3.8) is 0 Å². The number of nitrogen functional groups attached to an aromatic ring is 1. The molecule has 2 N–H and O–H groups in total. The summed E-state index contributed by atoms with van der Waals surface area (Å²) in [5, 5.41) is 0. The van der Waals surface area contributed by atoms with Crippen molar-refractivity contribution < 1.29 is 0 Å². The van der Waals surface area contributed by atoms with Gasteiger partial charge < -0.3 is 5.73 Å². The number of hydrogen-bond acceptors (Lipinski definition) is 1. The molecule has 5 rings (SSSR count). The lowest BCUT2D eigenvalue weighted by Gasteiger charge is -2.19.